The van der Waals surface area contributed by atoms with Crippen LogP contribution in [0.4, 0.5) is 8.78 Å². The molecule has 3 nitrogen and oxygen atoms in total. The van der Waals surface area contributed by atoms with Crippen LogP contribution in [0.5, 0.6) is 11.5 Å². The fourth-order valence-corrected chi connectivity index (χ4v) is 3.27. The van der Waals surface area contributed by atoms with Gasteiger partial charge in [-0.05, 0) is 54.1 Å². The van der Waals surface area contributed by atoms with Gasteiger partial charge in [0.05, 0.1) is 0 Å². The van der Waals surface area contributed by atoms with Gasteiger partial charge in [-0.15, -0.1) is 0 Å². The monoisotopic (exact) mass is 419 g/mol. The van der Waals surface area contributed by atoms with Gasteiger partial charge in [-0.25, -0.2) is 13.8 Å². The summed E-state index contributed by atoms with van der Waals surface area (Å²) in [4.78, 5) is 4.31. The number of halogens is 4. The molecule has 1 unspecified atom stereocenters. The van der Waals surface area contributed by atoms with Gasteiger partial charge >= 0.3 is 0 Å². The lowest BCUT2D eigenvalue weighted by atomic mass is 10.1. The maximum absolute atomic E-state index is 13.9. The minimum absolute atomic E-state index is 0.0712. The summed E-state index contributed by atoms with van der Waals surface area (Å²) in [7, 11) is 0. The van der Waals surface area contributed by atoms with E-state index in [1.165, 1.54) is 6.07 Å². The van der Waals surface area contributed by atoms with Crippen molar-refractivity contribution in [3.8, 4) is 11.5 Å². The van der Waals surface area contributed by atoms with E-state index in [4.69, 9.17) is 32.7 Å². The first kappa shape index (κ1) is 18.7. The van der Waals surface area contributed by atoms with Crippen molar-refractivity contribution >= 4 is 29.1 Å². The first-order valence-corrected chi connectivity index (χ1v) is 9.15. The van der Waals surface area contributed by atoms with Gasteiger partial charge in [0, 0.05) is 10.0 Å². The second-order valence-corrected chi connectivity index (χ2v) is 6.94. The topological polar surface area (TPSA) is 30.8 Å². The van der Waals surface area contributed by atoms with Crippen LogP contribution in [-0.4, -0.2) is 12.5 Å². The molecule has 0 aromatic heterocycles. The number of nitrogens with zero attached hydrogens (tertiary/aromatic N) is 1. The van der Waals surface area contributed by atoms with Crippen LogP contribution in [0.25, 0.3) is 0 Å². The highest BCUT2D eigenvalue weighted by Crippen LogP contribution is 2.34. The Morgan fingerprint density at radius 3 is 2.29 bits per heavy atom. The number of rotatable bonds is 4. The van der Waals surface area contributed by atoms with Crippen LogP contribution in [0.1, 0.15) is 17.2 Å². The molecule has 0 N–H and O–H groups in total. The first-order valence-electron chi connectivity index (χ1n) is 8.39. The summed E-state index contributed by atoms with van der Waals surface area (Å²) in [6.45, 7) is 0.139. The molecule has 0 bridgehead atoms. The summed E-state index contributed by atoms with van der Waals surface area (Å²) < 4.78 is 39.1. The summed E-state index contributed by atoms with van der Waals surface area (Å²) in [6.07, 6.45) is 0. The quantitative estimate of drug-likeness (QED) is 0.477. The summed E-state index contributed by atoms with van der Waals surface area (Å²) in [6, 6.07) is 15.2. The molecule has 4 rings (SSSR count). The van der Waals surface area contributed by atoms with E-state index in [9.17, 15) is 8.78 Å². The van der Waals surface area contributed by atoms with Crippen LogP contribution in [0, 0.1) is 11.6 Å². The minimum atomic E-state index is -0.725. The third-order valence-corrected chi connectivity index (χ3v) is 4.79. The minimum Gasteiger partial charge on any atom is -0.475 e. The van der Waals surface area contributed by atoms with Crippen LogP contribution >= 0.6 is 23.2 Å². The molecule has 0 radical (unpaired) electrons. The standard InChI is InChI=1S/C21H13Cl2F2NO2/c22-12-4-6-13(7-5-12)28-14-8-9-15(16(23)10-14)19-11-27-21(26-19)20-17(24)2-1-3-18(20)25/h1-10,19H,11H2. The van der Waals surface area contributed by atoms with Gasteiger partial charge in [-0.2, -0.15) is 0 Å². The van der Waals surface area contributed by atoms with Crippen molar-refractivity contribution in [3.05, 3.63) is 93.5 Å². The normalized spacial score (nSPS) is 15.9. The third-order valence-electron chi connectivity index (χ3n) is 4.21. The molecule has 0 aliphatic carbocycles. The van der Waals surface area contributed by atoms with E-state index >= 15 is 0 Å². The number of ether oxygens (including phenoxy) is 2. The van der Waals surface area contributed by atoms with Gasteiger partial charge in [0.15, 0.2) is 0 Å². The van der Waals surface area contributed by atoms with Crippen LogP contribution in [0.3, 0.4) is 0 Å². The van der Waals surface area contributed by atoms with Crippen molar-refractivity contribution in [2.75, 3.05) is 6.61 Å². The molecule has 0 spiro atoms. The van der Waals surface area contributed by atoms with Gasteiger partial charge < -0.3 is 9.47 Å². The summed E-state index contributed by atoms with van der Waals surface area (Å²) in [5.74, 6) is -0.361. The molecular weight excluding hydrogens is 407 g/mol. The Morgan fingerprint density at radius 2 is 1.61 bits per heavy atom. The van der Waals surface area contributed by atoms with Crippen LogP contribution in [0.15, 0.2) is 65.7 Å². The number of aliphatic imine (C=N–C) groups is 1. The summed E-state index contributed by atoms with van der Waals surface area (Å²) in [5, 5.41) is 1.03. The predicted octanol–water partition coefficient (Wildman–Crippen LogP) is 6.58. The lowest BCUT2D eigenvalue weighted by Crippen LogP contribution is -2.07. The molecule has 7 heteroatoms. The predicted molar refractivity (Wildman–Crippen MR) is 105 cm³/mol. The molecule has 0 fully saturated rings. The zero-order chi connectivity index (χ0) is 19.7. The molecule has 28 heavy (non-hydrogen) atoms. The van der Waals surface area contributed by atoms with Gasteiger partial charge in [0.1, 0.15) is 41.3 Å². The van der Waals surface area contributed by atoms with Crippen molar-refractivity contribution in [1.82, 2.24) is 0 Å². The number of hydrogen-bond acceptors (Lipinski definition) is 3. The zero-order valence-electron chi connectivity index (χ0n) is 14.3. The largest absolute Gasteiger partial charge is 0.475 e. The summed E-state index contributed by atoms with van der Waals surface area (Å²) in [5.41, 5.74) is 0.403. The van der Waals surface area contributed by atoms with E-state index < -0.39 is 17.7 Å². The Labute approximate surface area is 170 Å². The zero-order valence-corrected chi connectivity index (χ0v) is 15.8. The van der Waals surface area contributed by atoms with Gasteiger partial charge in [-0.3, -0.25) is 0 Å². The van der Waals surface area contributed by atoms with E-state index in [0.29, 0.717) is 27.1 Å². The average Bonchev–Trinajstić information content (AvgIpc) is 3.13. The SMILES string of the molecule is Fc1cccc(F)c1C1=NC(c2ccc(Oc3ccc(Cl)cc3)cc2Cl)CO1. The van der Waals surface area contributed by atoms with Gasteiger partial charge in [0.25, 0.3) is 0 Å². The lowest BCUT2D eigenvalue weighted by Gasteiger charge is -2.11. The van der Waals surface area contributed by atoms with Gasteiger partial charge in [0.2, 0.25) is 5.90 Å². The van der Waals surface area contributed by atoms with E-state index in [-0.39, 0.29) is 18.1 Å². The molecule has 1 atom stereocenters. The highest BCUT2D eigenvalue weighted by molar-refractivity contribution is 6.31. The smallest absolute Gasteiger partial charge is 0.222 e. The molecule has 142 valence electrons. The molecule has 0 saturated carbocycles. The van der Waals surface area contributed by atoms with Crippen molar-refractivity contribution in [3.63, 3.8) is 0 Å². The number of benzene rings is 3. The van der Waals surface area contributed by atoms with Crippen molar-refractivity contribution in [2.45, 2.75) is 6.04 Å². The molecular formula is C21H13Cl2F2NO2. The maximum Gasteiger partial charge on any atom is 0.222 e. The molecule has 0 saturated heterocycles. The molecule has 0 amide bonds. The Hall–Kier alpha value is -2.63. The Morgan fingerprint density at radius 1 is 0.929 bits per heavy atom. The van der Waals surface area contributed by atoms with E-state index in [1.54, 1.807) is 42.5 Å². The van der Waals surface area contributed by atoms with E-state index in [0.717, 1.165) is 12.1 Å². The molecule has 3 aromatic rings. The van der Waals surface area contributed by atoms with Crippen LogP contribution in [-0.2, 0) is 4.74 Å². The highest BCUT2D eigenvalue weighted by atomic mass is 35.5. The van der Waals surface area contributed by atoms with Crippen LogP contribution in [0.2, 0.25) is 10.0 Å². The highest BCUT2D eigenvalue weighted by Gasteiger charge is 2.27. The lowest BCUT2D eigenvalue weighted by molar-refractivity contribution is 0.317. The van der Waals surface area contributed by atoms with Crippen molar-refractivity contribution in [1.29, 1.82) is 0 Å². The fraction of sp³-hybridized carbons (Fsp3) is 0.0952. The van der Waals surface area contributed by atoms with Crippen molar-refractivity contribution < 1.29 is 18.3 Å². The average molecular weight is 420 g/mol. The van der Waals surface area contributed by atoms with Gasteiger partial charge in [-0.1, -0.05) is 35.3 Å². The Bertz CT molecular complexity index is 1030. The molecule has 1 heterocycles. The summed E-state index contributed by atoms with van der Waals surface area (Å²) >= 11 is 12.2. The Balaban J connectivity index is 1.57. The first-order chi connectivity index (χ1) is 13.5. The Kier molecular flexibility index (Phi) is 5.20. The van der Waals surface area contributed by atoms with E-state index in [1.807, 2.05) is 0 Å². The number of hydrogen-bond donors (Lipinski definition) is 0. The third kappa shape index (κ3) is 3.81. The molecule has 1 aliphatic rings. The fourth-order valence-electron chi connectivity index (χ4n) is 2.85. The van der Waals surface area contributed by atoms with E-state index in [2.05, 4.69) is 4.99 Å². The molecule has 3 aromatic carbocycles. The maximum atomic E-state index is 13.9. The second kappa shape index (κ2) is 7.78. The van der Waals surface area contributed by atoms with Crippen molar-refractivity contribution in [2.24, 2.45) is 4.99 Å². The second-order valence-electron chi connectivity index (χ2n) is 6.10. The molecule has 1 aliphatic heterocycles. The van der Waals surface area contributed by atoms with Crippen LogP contribution < -0.4 is 4.74 Å².